The van der Waals surface area contributed by atoms with Gasteiger partial charge in [0.25, 0.3) is 0 Å². The largest absolute Gasteiger partial charge is 0.465 e. The third kappa shape index (κ3) is 3.76. The summed E-state index contributed by atoms with van der Waals surface area (Å²) in [6.45, 7) is 3.65. The van der Waals surface area contributed by atoms with Gasteiger partial charge in [0, 0.05) is 27.2 Å². The molecule has 140 valence electrons. The number of fused-ring (bicyclic) bond motifs is 1. The van der Waals surface area contributed by atoms with Crippen molar-refractivity contribution in [2.45, 2.75) is 33.1 Å². The van der Waals surface area contributed by atoms with Gasteiger partial charge in [0.2, 0.25) is 0 Å². The lowest BCUT2D eigenvalue weighted by atomic mass is 9.94. The summed E-state index contributed by atoms with van der Waals surface area (Å²) in [5, 5.41) is 1.52. The highest BCUT2D eigenvalue weighted by Gasteiger charge is 2.21. The lowest BCUT2D eigenvalue weighted by Gasteiger charge is -2.10. The highest BCUT2D eigenvalue weighted by Crippen LogP contribution is 2.32. The van der Waals surface area contributed by atoms with E-state index in [0.717, 1.165) is 40.6 Å². The summed E-state index contributed by atoms with van der Waals surface area (Å²) in [7, 11) is 1.36. The van der Waals surface area contributed by atoms with Gasteiger partial charge in [-0.25, -0.2) is 4.79 Å². The maximum atomic E-state index is 12.4. The summed E-state index contributed by atoms with van der Waals surface area (Å²) >= 11 is 6.35. The number of carbonyl (C=O) groups is 2. The Morgan fingerprint density at radius 3 is 2.52 bits per heavy atom. The van der Waals surface area contributed by atoms with Gasteiger partial charge in [-0.05, 0) is 49.1 Å². The molecule has 0 radical (unpaired) electrons. The van der Waals surface area contributed by atoms with E-state index in [4.69, 9.17) is 16.3 Å². The zero-order valence-electron chi connectivity index (χ0n) is 15.7. The molecule has 4 nitrogen and oxygen atoms in total. The van der Waals surface area contributed by atoms with Crippen molar-refractivity contribution in [1.82, 2.24) is 4.98 Å². The molecule has 0 saturated heterocycles. The summed E-state index contributed by atoms with van der Waals surface area (Å²) in [6, 6.07) is 11.1. The first-order valence-electron chi connectivity index (χ1n) is 8.96. The summed E-state index contributed by atoms with van der Waals surface area (Å²) in [4.78, 5) is 27.9. The molecule has 3 rings (SSSR count). The number of ketones is 1. The second-order valence-corrected chi connectivity index (χ2v) is 7.01. The molecule has 0 aliphatic rings. The van der Waals surface area contributed by atoms with Gasteiger partial charge in [0.05, 0.1) is 12.7 Å². The number of benzene rings is 2. The quantitative estimate of drug-likeness (QED) is 0.460. The van der Waals surface area contributed by atoms with Gasteiger partial charge >= 0.3 is 5.97 Å². The second-order valence-electron chi connectivity index (χ2n) is 6.60. The Labute approximate surface area is 163 Å². The normalized spacial score (nSPS) is 11.0. The topological polar surface area (TPSA) is 59.2 Å². The highest BCUT2D eigenvalue weighted by molar-refractivity contribution is 6.31. The van der Waals surface area contributed by atoms with Crippen molar-refractivity contribution >= 4 is 34.3 Å². The van der Waals surface area contributed by atoms with Crippen LogP contribution in [0.1, 0.15) is 57.8 Å². The number of aryl methyl sites for hydroxylation is 1. The Balaban J connectivity index is 2.28. The van der Waals surface area contributed by atoms with Crippen LogP contribution in [0.5, 0.6) is 0 Å². The van der Waals surface area contributed by atoms with Crippen LogP contribution in [0.2, 0.25) is 5.02 Å². The average molecular weight is 384 g/mol. The van der Waals surface area contributed by atoms with Gasteiger partial charge in [-0.1, -0.05) is 43.1 Å². The molecule has 1 aromatic heterocycles. The predicted octanol–water partition coefficient (Wildman–Crippen LogP) is 5.35. The van der Waals surface area contributed by atoms with Crippen molar-refractivity contribution in [1.29, 1.82) is 0 Å². The summed E-state index contributed by atoms with van der Waals surface area (Å²) in [5.41, 5.74) is 4.65. The smallest absolute Gasteiger partial charge is 0.337 e. The van der Waals surface area contributed by atoms with Crippen molar-refractivity contribution in [3.8, 4) is 0 Å². The molecule has 3 aromatic rings. The fourth-order valence-electron chi connectivity index (χ4n) is 3.52. The van der Waals surface area contributed by atoms with E-state index in [0.29, 0.717) is 22.6 Å². The number of rotatable bonds is 6. The minimum Gasteiger partial charge on any atom is -0.465 e. The molecule has 27 heavy (non-hydrogen) atoms. The van der Waals surface area contributed by atoms with Crippen molar-refractivity contribution in [2.24, 2.45) is 0 Å². The molecule has 5 heteroatoms. The Morgan fingerprint density at radius 1 is 1.15 bits per heavy atom. The van der Waals surface area contributed by atoms with Crippen LogP contribution in [0.25, 0.3) is 10.9 Å². The molecule has 0 aliphatic carbocycles. The molecular weight excluding hydrogens is 362 g/mol. The minimum atomic E-state index is -0.409. The number of H-pyrrole nitrogens is 1. The minimum absolute atomic E-state index is 0.0101. The van der Waals surface area contributed by atoms with E-state index >= 15 is 0 Å². The highest BCUT2D eigenvalue weighted by atomic mass is 35.5. The maximum absolute atomic E-state index is 12.4. The van der Waals surface area contributed by atoms with Crippen LogP contribution in [-0.4, -0.2) is 23.8 Å². The van der Waals surface area contributed by atoms with Gasteiger partial charge in [-0.3, -0.25) is 4.79 Å². The van der Waals surface area contributed by atoms with Gasteiger partial charge in [0.1, 0.15) is 0 Å². The van der Waals surface area contributed by atoms with Crippen molar-refractivity contribution < 1.29 is 14.3 Å². The number of aromatic amines is 1. The number of hydrogen-bond acceptors (Lipinski definition) is 3. The van der Waals surface area contributed by atoms with Crippen LogP contribution in [-0.2, 0) is 17.6 Å². The lowest BCUT2D eigenvalue weighted by Crippen LogP contribution is -2.04. The fourth-order valence-corrected chi connectivity index (χ4v) is 3.72. The summed E-state index contributed by atoms with van der Waals surface area (Å²) in [5.74, 6) is -0.399. The molecule has 1 heterocycles. The van der Waals surface area contributed by atoms with Gasteiger partial charge in [-0.15, -0.1) is 0 Å². The van der Waals surface area contributed by atoms with Crippen LogP contribution in [0, 0.1) is 0 Å². The fraction of sp³-hybridized carbons (Fsp3) is 0.273. The third-order valence-electron chi connectivity index (χ3n) is 4.67. The summed E-state index contributed by atoms with van der Waals surface area (Å²) < 4.78 is 4.90. The number of hydrogen-bond donors (Lipinski definition) is 1. The molecule has 0 amide bonds. The summed E-state index contributed by atoms with van der Waals surface area (Å²) in [6.07, 6.45) is 2.20. The number of esters is 1. The third-order valence-corrected chi connectivity index (χ3v) is 5.04. The van der Waals surface area contributed by atoms with Crippen LogP contribution in [0.15, 0.2) is 36.4 Å². The molecule has 0 spiro atoms. The van der Waals surface area contributed by atoms with E-state index < -0.39 is 5.97 Å². The molecule has 0 saturated carbocycles. The SMILES string of the molecule is CCCc1[nH]c2cc(C(=O)OC)cc(Cc3ccccc3Cl)c2c1C(C)=O. The Morgan fingerprint density at radius 2 is 1.89 bits per heavy atom. The number of Topliss-reactive ketones (excluding diaryl/α,β-unsaturated/α-hetero) is 1. The van der Waals surface area contributed by atoms with E-state index in [1.165, 1.54) is 7.11 Å². The monoisotopic (exact) mass is 383 g/mol. The first-order valence-corrected chi connectivity index (χ1v) is 9.34. The van der Waals surface area contributed by atoms with E-state index in [1.54, 1.807) is 19.1 Å². The molecule has 0 atom stereocenters. The number of nitrogens with one attached hydrogen (secondary N) is 1. The van der Waals surface area contributed by atoms with Gasteiger partial charge in [-0.2, -0.15) is 0 Å². The zero-order chi connectivity index (χ0) is 19.6. The predicted molar refractivity (Wildman–Crippen MR) is 108 cm³/mol. The number of carbonyl (C=O) groups excluding carboxylic acids is 2. The molecule has 0 bridgehead atoms. The van der Waals surface area contributed by atoms with Crippen molar-refractivity contribution in [2.75, 3.05) is 7.11 Å². The zero-order valence-corrected chi connectivity index (χ0v) is 16.4. The molecule has 1 N–H and O–H groups in total. The van der Waals surface area contributed by atoms with Crippen LogP contribution in [0.3, 0.4) is 0 Å². The van der Waals surface area contributed by atoms with E-state index in [1.807, 2.05) is 24.3 Å². The first kappa shape index (κ1) is 19.2. The number of halogens is 1. The number of ether oxygens (including phenoxy) is 1. The standard InChI is InChI=1S/C22H22ClNO3/c1-4-7-18-20(13(2)25)21-15(10-14-8-5-6-9-17(14)23)11-16(22(26)27-3)12-19(21)24-18/h5-6,8-9,11-12,24H,4,7,10H2,1-3H3. The molecule has 2 aromatic carbocycles. The molecular formula is C22H22ClNO3. The lowest BCUT2D eigenvalue weighted by molar-refractivity contribution is 0.0600. The van der Waals surface area contributed by atoms with E-state index in [-0.39, 0.29) is 5.78 Å². The first-order chi connectivity index (χ1) is 13.0. The van der Waals surface area contributed by atoms with Crippen LogP contribution >= 0.6 is 11.6 Å². The van der Waals surface area contributed by atoms with E-state index in [2.05, 4.69) is 11.9 Å². The van der Waals surface area contributed by atoms with Gasteiger partial charge in [0.15, 0.2) is 5.78 Å². The number of methoxy groups -OCH3 is 1. The second kappa shape index (κ2) is 7.97. The van der Waals surface area contributed by atoms with Crippen molar-refractivity contribution in [3.63, 3.8) is 0 Å². The number of aromatic nitrogens is 1. The van der Waals surface area contributed by atoms with Crippen molar-refractivity contribution in [3.05, 3.63) is 69.4 Å². The molecule has 0 aliphatic heterocycles. The van der Waals surface area contributed by atoms with Gasteiger partial charge < -0.3 is 9.72 Å². The maximum Gasteiger partial charge on any atom is 0.337 e. The average Bonchev–Trinajstić information content (AvgIpc) is 3.01. The Kier molecular flexibility index (Phi) is 5.66. The van der Waals surface area contributed by atoms with E-state index in [9.17, 15) is 9.59 Å². The molecule has 0 unspecified atom stereocenters. The Bertz CT molecular complexity index is 1020. The van der Waals surface area contributed by atoms with Crippen LogP contribution in [0.4, 0.5) is 0 Å². The Hall–Kier alpha value is -2.59. The van der Waals surface area contributed by atoms with Crippen LogP contribution < -0.4 is 0 Å². The molecule has 0 fully saturated rings.